The smallest absolute Gasteiger partial charge is 0.334 e. The van der Waals surface area contributed by atoms with Crippen LogP contribution in [-0.2, 0) is 14.3 Å². The Morgan fingerprint density at radius 1 is 1.48 bits per heavy atom. The summed E-state index contributed by atoms with van der Waals surface area (Å²) < 4.78 is 4.76. The van der Waals surface area contributed by atoms with Gasteiger partial charge in [-0.25, -0.2) is 4.79 Å². The normalized spacial score (nSPS) is 18.9. The molecule has 1 aromatic rings. The van der Waals surface area contributed by atoms with E-state index < -0.39 is 18.1 Å². The number of amides is 1. The van der Waals surface area contributed by atoms with Crippen LogP contribution in [-0.4, -0.2) is 53.6 Å². The van der Waals surface area contributed by atoms with Crippen LogP contribution in [0.1, 0.15) is 5.56 Å². The second-order valence-electron chi connectivity index (χ2n) is 4.43. The summed E-state index contributed by atoms with van der Waals surface area (Å²) in [5.41, 5.74) is 0.984. The second-order valence-corrected chi connectivity index (χ2v) is 5.44. The molecular weight excluding hydrogens is 292 g/mol. The minimum atomic E-state index is -1.10. The first-order chi connectivity index (χ1) is 10.1. The van der Waals surface area contributed by atoms with Crippen LogP contribution >= 0.6 is 11.8 Å². The summed E-state index contributed by atoms with van der Waals surface area (Å²) in [4.78, 5) is 27.2. The van der Waals surface area contributed by atoms with Gasteiger partial charge in [-0.15, -0.1) is 11.8 Å². The number of hydrogen-bond donors (Lipinski definition) is 2. The Labute approximate surface area is 126 Å². The average molecular weight is 308 g/mol. The molecule has 2 unspecified atom stereocenters. The largest absolute Gasteiger partial charge is 0.479 e. The Hall–Kier alpha value is -1.86. The van der Waals surface area contributed by atoms with Crippen LogP contribution in [0.25, 0.3) is 0 Å². The molecule has 7 heteroatoms. The predicted octanol–water partition coefficient (Wildman–Crippen LogP) is 0.764. The fourth-order valence-corrected chi connectivity index (χ4v) is 2.88. The van der Waals surface area contributed by atoms with Crippen molar-refractivity contribution in [2.45, 2.75) is 12.1 Å². The lowest BCUT2D eigenvalue weighted by Gasteiger charge is -2.12. The van der Waals surface area contributed by atoms with Gasteiger partial charge in [-0.05, 0) is 0 Å². The standard InChI is InChI=1S/C14H16N2O4S/c1-20-11(14(18)19)7-15-12(17)10-8-21-13(16-10)9-5-3-2-4-6-9/h2-6,10-11H,7-8H2,1H3,(H,15,17)(H,18,19). The molecule has 1 heterocycles. The molecule has 0 bridgehead atoms. The molecule has 1 aliphatic rings. The molecule has 6 nitrogen and oxygen atoms in total. The van der Waals surface area contributed by atoms with E-state index in [1.54, 1.807) is 0 Å². The van der Waals surface area contributed by atoms with Crippen LogP contribution < -0.4 is 5.32 Å². The number of carboxylic acids is 1. The van der Waals surface area contributed by atoms with Gasteiger partial charge in [0.15, 0.2) is 6.10 Å². The molecule has 21 heavy (non-hydrogen) atoms. The molecule has 2 rings (SSSR count). The van der Waals surface area contributed by atoms with E-state index in [1.165, 1.54) is 18.9 Å². The second kappa shape index (κ2) is 7.24. The monoisotopic (exact) mass is 308 g/mol. The Morgan fingerprint density at radius 3 is 2.81 bits per heavy atom. The molecule has 112 valence electrons. The van der Waals surface area contributed by atoms with E-state index in [2.05, 4.69) is 10.3 Å². The molecule has 2 atom stereocenters. The maximum Gasteiger partial charge on any atom is 0.334 e. The SMILES string of the molecule is COC(CNC(=O)C1CSC(c2ccccc2)=N1)C(=O)O. The third-order valence-corrected chi connectivity index (χ3v) is 4.09. The highest BCUT2D eigenvalue weighted by Gasteiger charge is 2.27. The van der Waals surface area contributed by atoms with Crippen molar-refractivity contribution in [1.29, 1.82) is 0 Å². The van der Waals surface area contributed by atoms with Crippen molar-refractivity contribution in [3.05, 3.63) is 35.9 Å². The molecule has 0 spiro atoms. The van der Waals surface area contributed by atoms with Crippen molar-refractivity contribution in [2.24, 2.45) is 4.99 Å². The summed E-state index contributed by atoms with van der Waals surface area (Å²) in [6.07, 6.45) is -1.04. The Bertz CT molecular complexity index is 547. The van der Waals surface area contributed by atoms with Gasteiger partial charge in [0.1, 0.15) is 6.04 Å². The number of carboxylic acid groups (broad SMARTS) is 1. The van der Waals surface area contributed by atoms with E-state index in [9.17, 15) is 9.59 Å². The molecule has 1 aliphatic heterocycles. The Balaban J connectivity index is 1.93. The lowest BCUT2D eigenvalue weighted by atomic mass is 10.2. The van der Waals surface area contributed by atoms with E-state index in [0.29, 0.717) is 5.75 Å². The van der Waals surface area contributed by atoms with E-state index >= 15 is 0 Å². The maximum atomic E-state index is 12.0. The highest BCUT2D eigenvalue weighted by molar-refractivity contribution is 8.14. The summed E-state index contributed by atoms with van der Waals surface area (Å²) in [5.74, 6) is -0.829. The summed E-state index contributed by atoms with van der Waals surface area (Å²) in [6.45, 7) is -0.0674. The van der Waals surface area contributed by atoms with Crippen molar-refractivity contribution >= 4 is 28.7 Å². The Morgan fingerprint density at radius 2 is 2.19 bits per heavy atom. The lowest BCUT2D eigenvalue weighted by molar-refractivity contribution is -0.148. The quantitative estimate of drug-likeness (QED) is 0.810. The maximum absolute atomic E-state index is 12.0. The minimum absolute atomic E-state index is 0.0674. The van der Waals surface area contributed by atoms with E-state index in [1.807, 2.05) is 30.3 Å². The van der Waals surface area contributed by atoms with Crippen molar-refractivity contribution in [1.82, 2.24) is 5.32 Å². The molecule has 0 aliphatic carbocycles. The number of nitrogens with zero attached hydrogens (tertiary/aromatic N) is 1. The Kier molecular flexibility index (Phi) is 5.35. The first-order valence-corrected chi connectivity index (χ1v) is 7.39. The van der Waals surface area contributed by atoms with Gasteiger partial charge in [0.2, 0.25) is 5.91 Å². The van der Waals surface area contributed by atoms with Gasteiger partial charge < -0.3 is 15.2 Å². The minimum Gasteiger partial charge on any atom is -0.479 e. The van der Waals surface area contributed by atoms with Gasteiger partial charge in [0.25, 0.3) is 0 Å². The molecule has 0 saturated carbocycles. The summed E-state index contributed by atoms with van der Waals surface area (Å²) in [5, 5.41) is 12.2. The first kappa shape index (κ1) is 15.5. The summed E-state index contributed by atoms with van der Waals surface area (Å²) in [7, 11) is 1.29. The topological polar surface area (TPSA) is 88.0 Å². The van der Waals surface area contributed by atoms with Gasteiger partial charge in [0, 0.05) is 18.4 Å². The first-order valence-electron chi connectivity index (χ1n) is 6.41. The zero-order valence-electron chi connectivity index (χ0n) is 11.5. The molecule has 0 fully saturated rings. The van der Waals surface area contributed by atoms with Crippen LogP contribution in [0.4, 0.5) is 0 Å². The lowest BCUT2D eigenvalue weighted by Crippen LogP contribution is -2.42. The zero-order valence-corrected chi connectivity index (χ0v) is 12.3. The van der Waals surface area contributed by atoms with Gasteiger partial charge in [-0.1, -0.05) is 30.3 Å². The molecular formula is C14H16N2O4S. The fraction of sp³-hybridized carbons (Fsp3) is 0.357. The molecule has 0 radical (unpaired) electrons. The van der Waals surface area contributed by atoms with Crippen molar-refractivity contribution in [3.63, 3.8) is 0 Å². The number of carbonyl (C=O) groups excluding carboxylic acids is 1. The number of aliphatic carboxylic acids is 1. The number of ether oxygens (including phenoxy) is 1. The number of nitrogens with one attached hydrogen (secondary N) is 1. The number of hydrogen-bond acceptors (Lipinski definition) is 5. The third kappa shape index (κ3) is 4.05. The van der Waals surface area contributed by atoms with Gasteiger partial charge in [-0.2, -0.15) is 0 Å². The van der Waals surface area contributed by atoms with Crippen LogP contribution in [0.5, 0.6) is 0 Å². The number of thioether (sulfide) groups is 1. The number of rotatable bonds is 6. The number of carbonyl (C=O) groups is 2. The van der Waals surface area contributed by atoms with Crippen molar-refractivity contribution < 1.29 is 19.4 Å². The van der Waals surface area contributed by atoms with Gasteiger partial charge >= 0.3 is 5.97 Å². The van der Waals surface area contributed by atoms with E-state index in [-0.39, 0.29) is 12.5 Å². The van der Waals surface area contributed by atoms with E-state index in [4.69, 9.17) is 9.84 Å². The molecule has 1 aromatic carbocycles. The molecule has 0 saturated heterocycles. The third-order valence-electron chi connectivity index (χ3n) is 3.00. The van der Waals surface area contributed by atoms with Crippen LogP contribution in [0.2, 0.25) is 0 Å². The van der Waals surface area contributed by atoms with Crippen LogP contribution in [0.3, 0.4) is 0 Å². The average Bonchev–Trinajstić information content (AvgIpc) is 2.98. The summed E-state index contributed by atoms with van der Waals surface area (Å²) in [6, 6.07) is 9.15. The van der Waals surface area contributed by atoms with Gasteiger partial charge in [-0.3, -0.25) is 9.79 Å². The zero-order chi connectivity index (χ0) is 15.2. The highest BCUT2D eigenvalue weighted by atomic mass is 32.2. The van der Waals surface area contributed by atoms with Crippen LogP contribution in [0.15, 0.2) is 35.3 Å². The summed E-state index contributed by atoms with van der Waals surface area (Å²) >= 11 is 1.52. The molecule has 2 N–H and O–H groups in total. The number of aliphatic imine (C=N–C) groups is 1. The molecule has 0 aromatic heterocycles. The van der Waals surface area contributed by atoms with Crippen molar-refractivity contribution in [2.75, 3.05) is 19.4 Å². The highest BCUT2D eigenvalue weighted by Crippen LogP contribution is 2.23. The van der Waals surface area contributed by atoms with Crippen molar-refractivity contribution in [3.8, 4) is 0 Å². The number of methoxy groups -OCH3 is 1. The van der Waals surface area contributed by atoms with Gasteiger partial charge in [0.05, 0.1) is 11.6 Å². The van der Waals surface area contributed by atoms with E-state index in [0.717, 1.165) is 10.6 Å². The molecule has 1 amide bonds. The fourth-order valence-electron chi connectivity index (χ4n) is 1.83. The van der Waals surface area contributed by atoms with Crippen LogP contribution in [0, 0.1) is 0 Å². The predicted molar refractivity (Wildman–Crippen MR) is 80.7 cm³/mol. The number of benzene rings is 1.